The minimum absolute atomic E-state index is 0.443. The van der Waals surface area contributed by atoms with Crippen LogP contribution in [-0.4, -0.2) is 10.7 Å². The van der Waals surface area contributed by atoms with Gasteiger partial charge < -0.3 is 5.73 Å². The van der Waals surface area contributed by atoms with E-state index >= 15 is 0 Å². The molecule has 0 spiro atoms. The first-order chi connectivity index (χ1) is 5.74. The van der Waals surface area contributed by atoms with Gasteiger partial charge in [0.25, 0.3) is 0 Å². The van der Waals surface area contributed by atoms with Crippen molar-refractivity contribution in [2.45, 2.75) is 6.92 Å². The molecule has 12 heavy (non-hydrogen) atoms. The highest BCUT2D eigenvalue weighted by molar-refractivity contribution is 5.94. The molecule has 1 rings (SSSR count). The second-order valence-corrected chi connectivity index (χ2v) is 2.37. The van der Waals surface area contributed by atoms with Crippen molar-refractivity contribution < 1.29 is 0 Å². The highest BCUT2D eigenvalue weighted by Gasteiger charge is 1.94. The third-order valence-electron chi connectivity index (χ3n) is 1.41. The van der Waals surface area contributed by atoms with Gasteiger partial charge in [-0.1, -0.05) is 6.58 Å². The SMILES string of the molecule is C=CC(C)=Nc1cccnc1N. The van der Waals surface area contributed by atoms with Gasteiger partial charge in [-0.05, 0) is 25.1 Å². The molecule has 3 nitrogen and oxygen atoms in total. The van der Waals surface area contributed by atoms with Crippen molar-refractivity contribution in [2.24, 2.45) is 4.99 Å². The van der Waals surface area contributed by atoms with Crippen molar-refractivity contribution in [1.82, 2.24) is 4.98 Å². The largest absolute Gasteiger partial charge is 0.382 e. The summed E-state index contributed by atoms with van der Waals surface area (Å²) < 4.78 is 0. The second kappa shape index (κ2) is 3.67. The van der Waals surface area contributed by atoms with E-state index in [2.05, 4.69) is 16.6 Å². The number of anilines is 1. The molecule has 0 unspecified atom stereocenters. The molecule has 0 saturated carbocycles. The Kier molecular flexibility index (Phi) is 2.58. The van der Waals surface area contributed by atoms with Crippen molar-refractivity contribution in [3.63, 3.8) is 0 Å². The Bertz CT molecular complexity index is 315. The zero-order chi connectivity index (χ0) is 8.97. The molecule has 0 saturated heterocycles. The lowest BCUT2D eigenvalue weighted by atomic mass is 10.3. The third-order valence-corrected chi connectivity index (χ3v) is 1.41. The Morgan fingerprint density at radius 1 is 1.75 bits per heavy atom. The van der Waals surface area contributed by atoms with E-state index in [0.717, 1.165) is 5.71 Å². The molecule has 0 aliphatic carbocycles. The van der Waals surface area contributed by atoms with Crippen molar-refractivity contribution in [1.29, 1.82) is 0 Å². The average Bonchev–Trinajstić information content (AvgIpc) is 2.09. The van der Waals surface area contributed by atoms with Crippen molar-refractivity contribution in [3.05, 3.63) is 31.0 Å². The van der Waals surface area contributed by atoms with E-state index in [1.54, 1.807) is 18.3 Å². The van der Waals surface area contributed by atoms with Gasteiger partial charge in [-0.2, -0.15) is 0 Å². The average molecular weight is 161 g/mol. The summed E-state index contributed by atoms with van der Waals surface area (Å²) in [4.78, 5) is 8.09. The van der Waals surface area contributed by atoms with Crippen LogP contribution in [0.5, 0.6) is 0 Å². The minimum Gasteiger partial charge on any atom is -0.382 e. The van der Waals surface area contributed by atoms with Crippen LogP contribution in [0, 0.1) is 0 Å². The molecule has 0 aliphatic heterocycles. The number of hydrogen-bond donors (Lipinski definition) is 1. The summed E-state index contributed by atoms with van der Waals surface area (Å²) in [7, 11) is 0. The molecular weight excluding hydrogens is 150 g/mol. The van der Waals surface area contributed by atoms with Crippen molar-refractivity contribution in [2.75, 3.05) is 5.73 Å². The number of hydrogen-bond acceptors (Lipinski definition) is 3. The molecule has 0 aliphatic rings. The maximum absolute atomic E-state index is 5.57. The predicted molar refractivity (Wildman–Crippen MR) is 51.6 cm³/mol. The molecule has 2 N–H and O–H groups in total. The van der Waals surface area contributed by atoms with Crippen LogP contribution >= 0.6 is 0 Å². The summed E-state index contributed by atoms with van der Waals surface area (Å²) in [6, 6.07) is 3.61. The number of aromatic nitrogens is 1. The summed E-state index contributed by atoms with van der Waals surface area (Å²) >= 11 is 0. The van der Waals surface area contributed by atoms with E-state index < -0.39 is 0 Å². The van der Waals surface area contributed by atoms with Crippen LogP contribution in [0.2, 0.25) is 0 Å². The van der Waals surface area contributed by atoms with Gasteiger partial charge in [0.15, 0.2) is 0 Å². The van der Waals surface area contributed by atoms with Crippen LogP contribution in [0.3, 0.4) is 0 Å². The Morgan fingerprint density at radius 2 is 2.50 bits per heavy atom. The normalized spacial score (nSPS) is 11.2. The Balaban J connectivity index is 3.04. The van der Waals surface area contributed by atoms with Crippen LogP contribution in [-0.2, 0) is 0 Å². The zero-order valence-electron chi connectivity index (χ0n) is 6.99. The van der Waals surface area contributed by atoms with Gasteiger partial charge in [0.2, 0.25) is 0 Å². The van der Waals surface area contributed by atoms with Crippen LogP contribution in [0.25, 0.3) is 0 Å². The number of aliphatic imine (C=N–C) groups is 1. The first-order valence-corrected chi connectivity index (χ1v) is 3.62. The van der Waals surface area contributed by atoms with Gasteiger partial charge in [0, 0.05) is 11.9 Å². The van der Waals surface area contributed by atoms with Gasteiger partial charge in [-0.15, -0.1) is 0 Å². The Hall–Kier alpha value is -1.64. The quantitative estimate of drug-likeness (QED) is 0.674. The predicted octanol–water partition coefficient (Wildman–Crippen LogP) is 1.94. The van der Waals surface area contributed by atoms with E-state index in [-0.39, 0.29) is 0 Å². The summed E-state index contributed by atoms with van der Waals surface area (Å²) in [6.45, 7) is 5.45. The Morgan fingerprint density at radius 3 is 3.08 bits per heavy atom. The fourth-order valence-electron chi connectivity index (χ4n) is 0.739. The number of nitrogen functional groups attached to an aromatic ring is 1. The van der Waals surface area contributed by atoms with E-state index in [0.29, 0.717) is 11.5 Å². The molecule has 1 aromatic heterocycles. The van der Waals surface area contributed by atoms with Gasteiger partial charge in [-0.3, -0.25) is 0 Å². The van der Waals surface area contributed by atoms with Crippen molar-refractivity contribution >= 4 is 17.2 Å². The lowest BCUT2D eigenvalue weighted by Crippen LogP contribution is -1.90. The van der Waals surface area contributed by atoms with Gasteiger partial charge >= 0.3 is 0 Å². The topological polar surface area (TPSA) is 51.3 Å². The minimum atomic E-state index is 0.443. The smallest absolute Gasteiger partial charge is 0.149 e. The van der Waals surface area contributed by atoms with E-state index in [4.69, 9.17) is 5.73 Å². The monoisotopic (exact) mass is 161 g/mol. The number of allylic oxidation sites excluding steroid dienone is 1. The number of rotatable bonds is 2. The zero-order valence-corrected chi connectivity index (χ0v) is 6.99. The molecule has 0 fully saturated rings. The fourth-order valence-corrected chi connectivity index (χ4v) is 0.739. The van der Waals surface area contributed by atoms with Gasteiger partial charge in [0.05, 0.1) is 0 Å². The maximum Gasteiger partial charge on any atom is 0.149 e. The summed E-state index contributed by atoms with van der Waals surface area (Å²) in [6.07, 6.45) is 3.31. The molecule has 3 heteroatoms. The molecule has 0 aromatic carbocycles. The van der Waals surface area contributed by atoms with Crippen molar-refractivity contribution in [3.8, 4) is 0 Å². The van der Waals surface area contributed by atoms with E-state index in [9.17, 15) is 0 Å². The van der Waals surface area contributed by atoms with Crippen LogP contribution in [0.1, 0.15) is 6.92 Å². The number of nitrogens with two attached hydrogens (primary N) is 1. The fraction of sp³-hybridized carbons (Fsp3) is 0.111. The number of nitrogens with zero attached hydrogens (tertiary/aromatic N) is 2. The highest BCUT2D eigenvalue weighted by atomic mass is 14.9. The first-order valence-electron chi connectivity index (χ1n) is 3.62. The number of pyridine rings is 1. The van der Waals surface area contributed by atoms with Crippen LogP contribution in [0.15, 0.2) is 36.0 Å². The summed E-state index contributed by atoms with van der Waals surface area (Å²) in [5.41, 5.74) is 7.09. The molecule has 0 bridgehead atoms. The molecule has 62 valence electrons. The van der Waals surface area contributed by atoms with Crippen LogP contribution in [0.4, 0.5) is 11.5 Å². The second-order valence-electron chi connectivity index (χ2n) is 2.37. The molecule has 1 aromatic rings. The molecule has 0 amide bonds. The lowest BCUT2D eigenvalue weighted by molar-refractivity contribution is 1.31. The van der Waals surface area contributed by atoms with Gasteiger partial charge in [-0.25, -0.2) is 9.98 Å². The van der Waals surface area contributed by atoms with E-state index in [1.165, 1.54) is 0 Å². The van der Waals surface area contributed by atoms with E-state index in [1.807, 2.05) is 13.0 Å². The molecule has 0 radical (unpaired) electrons. The van der Waals surface area contributed by atoms with Crippen LogP contribution < -0.4 is 5.73 Å². The van der Waals surface area contributed by atoms with Gasteiger partial charge in [0.1, 0.15) is 11.5 Å². The summed E-state index contributed by atoms with van der Waals surface area (Å²) in [5.74, 6) is 0.443. The summed E-state index contributed by atoms with van der Waals surface area (Å²) in [5, 5.41) is 0. The molecular formula is C9H11N3. The maximum atomic E-state index is 5.57. The molecule has 0 atom stereocenters. The lowest BCUT2D eigenvalue weighted by Gasteiger charge is -1.97. The Labute approximate surface area is 71.7 Å². The highest BCUT2D eigenvalue weighted by Crippen LogP contribution is 2.17. The third kappa shape index (κ3) is 1.92. The standard InChI is InChI=1S/C9H11N3/c1-3-7(2)12-8-5-4-6-11-9(8)10/h3-6H,1H2,2H3,(H2,10,11). The first kappa shape index (κ1) is 8.46. The molecule has 1 heterocycles.